The van der Waals surface area contributed by atoms with Gasteiger partial charge in [0.15, 0.2) is 0 Å². The molecule has 4 N–H and O–H groups in total. The van der Waals surface area contributed by atoms with Crippen molar-refractivity contribution >= 4 is 29.1 Å². The number of aromatic amines is 1. The van der Waals surface area contributed by atoms with Gasteiger partial charge in [-0.25, -0.2) is 9.78 Å². The van der Waals surface area contributed by atoms with E-state index >= 15 is 0 Å². The Kier molecular flexibility index (Phi) is 5.94. The van der Waals surface area contributed by atoms with Crippen molar-refractivity contribution in [2.24, 2.45) is 11.7 Å². The summed E-state index contributed by atoms with van der Waals surface area (Å²) in [6.45, 7) is 0. The zero-order valence-corrected chi connectivity index (χ0v) is 18.3. The van der Waals surface area contributed by atoms with Gasteiger partial charge in [0.1, 0.15) is 5.54 Å². The van der Waals surface area contributed by atoms with Gasteiger partial charge in [0.05, 0.1) is 23.9 Å². The molecule has 8 nitrogen and oxygen atoms in total. The molecule has 3 heterocycles. The fourth-order valence-corrected chi connectivity index (χ4v) is 5.35. The molecule has 1 fully saturated rings. The lowest BCUT2D eigenvalue weighted by atomic mass is 9.86. The van der Waals surface area contributed by atoms with Gasteiger partial charge in [-0.3, -0.25) is 9.59 Å². The number of alkyl halides is 3. The SMILES string of the molecule is NC(=O)C1CC(Cc2cnc[nH]2)(C(=O)O)N(C(=O)c2cccc(C(F)(F)F)c2)C1c1cccs1. The van der Waals surface area contributed by atoms with Crippen molar-refractivity contribution in [3.05, 3.63) is 76.0 Å². The highest BCUT2D eigenvalue weighted by atomic mass is 32.1. The molecule has 12 heteroatoms. The number of aliphatic carboxylic acids is 1. The van der Waals surface area contributed by atoms with Crippen LogP contribution in [0.15, 0.2) is 54.3 Å². The molecule has 0 bridgehead atoms. The Hall–Kier alpha value is -3.67. The van der Waals surface area contributed by atoms with Gasteiger partial charge in [-0.15, -0.1) is 11.3 Å². The summed E-state index contributed by atoms with van der Waals surface area (Å²) in [5.74, 6) is -4.25. The third-order valence-electron chi connectivity index (χ3n) is 5.97. The Morgan fingerprint density at radius 1 is 1.26 bits per heavy atom. The van der Waals surface area contributed by atoms with Crippen molar-refractivity contribution in [3.8, 4) is 0 Å². The zero-order valence-electron chi connectivity index (χ0n) is 17.5. The van der Waals surface area contributed by atoms with Crippen LogP contribution in [0, 0.1) is 5.92 Å². The van der Waals surface area contributed by atoms with Gasteiger partial charge in [0.25, 0.3) is 5.91 Å². The number of nitrogens with two attached hydrogens (primary N) is 1. The lowest BCUT2D eigenvalue weighted by Crippen LogP contribution is -2.55. The van der Waals surface area contributed by atoms with E-state index in [4.69, 9.17) is 5.73 Å². The maximum atomic E-state index is 13.8. The number of carboxylic acids is 1. The number of primary amides is 1. The zero-order chi connectivity index (χ0) is 24.7. The lowest BCUT2D eigenvalue weighted by Gasteiger charge is -2.38. The number of carbonyl (C=O) groups excluding carboxylic acids is 2. The average molecular weight is 492 g/mol. The molecule has 4 rings (SSSR count). The molecule has 1 aromatic carbocycles. The molecule has 34 heavy (non-hydrogen) atoms. The summed E-state index contributed by atoms with van der Waals surface area (Å²) in [4.78, 5) is 47.1. The Labute approximate surface area is 195 Å². The smallest absolute Gasteiger partial charge is 0.416 e. The highest BCUT2D eigenvalue weighted by Crippen LogP contribution is 2.50. The molecule has 1 saturated heterocycles. The van der Waals surface area contributed by atoms with E-state index in [0.717, 1.165) is 17.0 Å². The number of likely N-dealkylation sites (tertiary alicyclic amines) is 1. The van der Waals surface area contributed by atoms with E-state index < -0.39 is 47.0 Å². The monoisotopic (exact) mass is 492 g/mol. The number of hydrogen-bond donors (Lipinski definition) is 3. The third kappa shape index (κ3) is 4.04. The predicted octanol–water partition coefficient (Wildman–Crippen LogP) is 3.24. The molecule has 178 valence electrons. The second-order valence-corrected chi connectivity index (χ2v) is 9.00. The van der Waals surface area contributed by atoms with E-state index in [2.05, 4.69) is 9.97 Å². The van der Waals surface area contributed by atoms with E-state index in [1.54, 1.807) is 17.5 Å². The number of hydrogen-bond acceptors (Lipinski definition) is 5. The van der Waals surface area contributed by atoms with Gasteiger partial charge in [-0.2, -0.15) is 13.2 Å². The van der Waals surface area contributed by atoms with Crippen LogP contribution >= 0.6 is 11.3 Å². The Bertz CT molecular complexity index is 1210. The largest absolute Gasteiger partial charge is 0.479 e. The van der Waals surface area contributed by atoms with Crippen molar-refractivity contribution in [2.45, 2.75) is 30.6 Å². The van der Waals surface area contributed by atoms with Crippen LogP contribution in [0.3, 0.4) is 0 Å². The van der Waals surface area contributed by atoms with Gasteiger partial charge in [0.2, 0.25) is 5.91 Å². The number of amides is 2. The number of aromatic nitrogens is 2. The standard InChI is InChI=1S/C22H19F3N4O4S/c23-22(24,25)13-4-1-3-12(7-13)19(31)29-17(16-5-2-6-34-16)15(18(26)30)9-21(29,20(32)33)8-14-10-27-11-28-14/h1-7,10-11,15,17H,8-9H2,(H2,26,30)(H,27,28)(H,32,33). The number of nitrogens with zero attached hydrogens (tertiary/aromatic N) is 2. The summed E-state index contributed by atoms with van der Waals surface area (Å²) in [7, 11) is 0. The molecule has 3 unspecified atom stereocenters. The molecular weight excluding hydrogens is 473 g/mol. The maximum absolute atomic E-state index is 13.8. The molecule has 2 aromatic heterocycles. The van der Waals surface area contributed by atoms with E-state index in [1.165, 1.54) is 29.9 Å². The number of rotatable bonds is 6. The van der Waals surface area contributed by atoms with Gasteiger partial charge in [-0.1, -0.05) is 12.1 Å². The van der Waals surface area contributed by atoms with Crippen LogP contribution in [0.5, 0.6) is 0 Å². The van der Waals surface area contributed by atoms with Crippen LogP contribution in [-0.2, 0) is 22.2 Å². The minimum absolute atomic E-state index is 0.251. The molecule has 1 aliphatic heterocycles. The summed E-state index contributed by atoms with van der Waals surface area (Å²) in [6.07, 6.45) is -2.55. The van der Waals surface area contributed by atoms with Crippen LogP contribution in [0.25, 0.3) is 0 Å². The van der Waals surface area contributed by atoms with Crippen LogP contribution in [0.2, 0.25) is 0 Å². The molecular formula is C22H19F3N4O4S. The topological polar surface area (TPSA) is 129 Å². The summed E-state index contributed by atoms with van der Waals surface area (Å²) in [5, 5.41) is 12.1. The number of halogens is 3. The van der Waals surface area contributed by atoms with E-state index in [9.17, 15) is 32.7 Å². The van der Waals surface area contributed by atoms with Gasteiger partial charge >= 0.3 is 12.1 Å². The summed E-state index contributed by atoms with van der Waals surface area (Å²) >= 11 is 1.19. The number of thiophene rings is 1. The van der Waals surface area contributed by atoms with E-state index in [0.29, 0.717) is 16.6 Å². The van der Waals surface area contributed by atoms with Crippen LogP contribution < -0.4 is 5.73 Å². The van der Waals surface area contributed by atoms with Crippen molar-refractivity contribution < 1.29 is 32.7 Å². The second kappa shape index (κ2) is 8.60. The third-order valence-corrected chi connectivity index (χ3v) is 6.91. The molecule has 3 aromatic rings. The number of nitrogens with one attached hydrogen (secondary N) is 1. The van der Waals surface area contributed by atoms with Gasteiger partial charge < -0.3 is 20.7 Å². The second-order valence-electron chi connectivity index (χ2n) is 8.02. The van der Waals surface area contributed by atoms with E-state index in [1.807, 2.05) is 0 Å². The first-order valence-corrected chi connectivity index (χ1v) is 11.0. The quantitative estimate of drug-likeness (QED) is 0.487. The molecule has 2 amide bonds. The minimum Gasteiger partial charge on any atom is -0.479 e. The summed E-state index contributed by atoms with van der Waals surface area (Å²) in [5.41, 5.74) is 2.65. The van der Waals surface area contributed by atoms with Crippen LogP contribution in [0.1, 0.15) is 39.0 Å². The fraction of sp³-hybridized carbons (Fsp3) is 0.273. The van der Waals surface area contributed by atoms with Crippen LogP contribution in [-0.4, -0.2) is 43.3 Å². The first kappa shape index (κ1) is 23.5. The van der Waals surface area contributed by atoms with Crippen molar-refractivity contribution in [1.82, 2.24) is 14.9 Å². The first-order valence-electron chi connectivity index (χ1n) is 10.1. The van der Waals surface area contributed by atoms with Gasteiger partial charge in [-0.05, 0) is 36.1 Å². The van der Waals surface area contributed by atoms with Crippen molar-refractivity contribution in [2.75, 3.05) is 0 Å². The average Bonchev–Trinajstić information content (AvgIpc) is 3.53. The number of carboxylic acid groups (broad SMARTS) is 1. The minimum atomic E-state index is -4.70. The Morgan fingerprint density at radius 3 is 2.59 bits per heavy atom. The molecule has 0 aliphatic carbocycles. The summed E-state index contributed by atoms with van der Waals surface area (Å²) < 4.78 is 40.0. The van der Waals surface area contributed by atoms with E-state index in [-0.39, 0.29) is 18.4 Å². The maximum Gasteiger partial charge on any atom is 0.416 e. The Balaban J connectivity index is 1.91. The molecule has 0 radical (unpaired) electrons. The number of imidazole rings is 1. The first-order chi connectivity index (χ1) is 16.0. The van der Waals surface area contributed by atoms with Gasteiger partial charge in [0, 0.05) is 28.8 Å². The molecule has 0 saturated carbocycles. The summed E-state index contributed by atoms with van der Waals surface area (Å²) in [6, 6.07) is 5.98. The number of carbonyl (C=O) groups is 3. The highest BCUT2D eigenvalue weighted by molar-refractivity contribution is 7.10. The lowest BCUT2D eigenvalue weighted by molar-refractivity contribution is -0.149. The van der Waals surface area contributed by atoms with Crippen molar-refractivity contribution in [1.29, 1.82) is 0 Å². The normalized spacial score (nSPS) is 22.6. The molecule has 3 atom stereocenters. The number of benzene rings is 1. The Morgan fingerprint density at radius 2 is 2.03 bits per heavy atom. The highest BCUT2D eigenvalue weighted by Gasteiger charge is 2.60. The molecule has 1 aliphatic rings. The fourth-order valence-electron chi connectivity index (χ4n) is 4.47. The van der Waals surface area contributed by atoms with Crippen LogP contribution in [0.4, 0.5) is 13.2 Å². The predicted molar refractivity (Wildman–Crippen MR) is 115 cm³/mol. The number of H-pyrrole nitrogens is 1. The molecule has 0 spiro atoms. The van der Waals surface area contributed by atoms with Crippen molar-refractivity contribution in [3.63, 3.8) is 0 Å².